The van der Waals surface area contributed by atoms with Gasteiger partial charge in [-0.25, -0.2) is 0 Å². The van der Waals surface area contributed by atoms with Gasteiger partial charge >= 0.3 is 0 Å². The standard InChI is InChI=1S/C18H20ClNO2/c1-12(14-3-2-4-16(21)11-14)20-17-9-10-22-18(17)13-5-7-15(19)8-6-13/h2-8,11-12,17-18,20-21H,9-10H2,1H3. The molecule has 0 aromatic heterocycles. The second-order valence-electron chi connectivity index (χ2n) is 5.72. The number of hydrogen-bond acceptors (Lipinski definition) is 3. The van der Waals surface area contributed by atoms with E-state index in [0.29, 0.717) is 5.75 Å². The maximum atomic E-state index is 9.61. The molecule has 1 aliphatic rings. The molecule has 116 valence electrons. The largest absolute Gasteiger partial charge is 0.508 e. The van der Waals surface area contributed by atoms with Crippen molar-refractivity contribution in [3.05, 3.63) is 64.7 Å². The average Bonchev–Trinajstić information content (AvgIpc) is 2.96. The van der Waals surface area contributed by atoms with Crippen LogP contribution >= 0.6 is 11.6 Å². The molecule has 0 spiro atoms. The fourth-order valence-electron chi connectivity index (χ4n) is 2.95. The minimum Gasteiger partial charge on any atom is -0.508 e. The van der Waals surface area contributed by atoms with Gasteiger partial charge in [-0.15, -0.1) is 0 Å². The van der Waals surface area contributed by atoms with Crippen molar-refractivity contribution in [1.82, 2.24) is 5.32 Å². The van der Waals surface area contributed by atoms with Gasteiger partial charge in [-0.3, -0.25) is 0 Å². The Morgan fingerprint density at radius 3 is 2.73 bits per heavy atom. The highest BCUT2D eigenvalue weighted by Gasteiger charge is 2.30. The van der Waals surface area contributed by atoms with Gasteiger partial charge in [-0.1, -0.05) is 35.9 Å². The molecule has 3 rings (SSSR count). The number of aromatic hydroxyl groups is 1. The SMILES string of the molecule is CC(NC1CCOC1c1ccc(Cl)cc1)c1cccc(O)c1. The third kappa shape index (κ3) is 3.43. The minimum absolute atomic E-state index is 0.0389. The smallest absolute Gasteiger partial charge is 0.115 e. The first-order chi connectivity index (χ1) is 10.6. The molecular weight excluding hydrogens is 298 g/mol. The van der Waals surface area contributed by atoms with Crippen molar-refractivity contribution >= 4 is 11.6 Å². The molecule has 0 radical (unpaired) electrons. The molecule has 1 heterocycles. The average molecular weight is 318 g/mol. The Balaban J connectivity index is 1.72. The van der Waals surface area contributed by atoms with Crippen LogP contribution in [0.15, 0.2) is 48.5 Å². The molecule has 2 N–H and O–H groups in total. The molecule has 0 bridgehead atoms. The van der Waals surface area contributed by atoms with E-state index < -0.39 is 0 Å². The molecule has 3 atom stereocenters. The van der Waals surface area contributed by atoms with E-state index in [1.807, 2.05) is 36.4 Å². The fraction of sp³-hybridized carbons (Fsp3) is 0.333. The van der Waals surface area contributed by atoms with Crippen LogP contribution < -0.4 is 5.32 Å². The summed E-state index contributed by atoms with van der Waals surface area (Å²) in [5.74, 6) is 0.295. The van der Waals surface area contributed by atoms with Crippen LogP contribution in [0.1, 0.15) is 36.6 Å². The highest BCUT2D eigenvalue weighted by atomic mass is 35.5. The van der Waals surface area contributed by atoms with Crippen LogP contribution in [0.2, 0.25) is 5.02 Å². The Bertz CT molecular complexity index is 629. The lowest BCUT2D eigenvalue weighted by Gasteiger charge is -2.24. The number of nitrogens with one attached hydrogen (secondary N) is 1. The first-order valence-electron chi connectivity index (χ1n) is 7.55. The Morgan fingerprint density at radius 1 is 1.23 bits per heavy atom. The summed E-state index contributed by atoms with van der Waals surface area (Å²) in [7, 11) is 0. The van der Waals surface area contributed by atoms with Crippen molar-refractivity contribution in [3.63, 3.8) is 0 Å². The molecule has 0 aliphatic carbocycles. The van der Waals surface area contributed by atoms with Gasteiger partial charge < -0.3 is 15.2 Å². The normalized spacial score (nSPS) is 22.6. The summed E-state index contributed by atoms with van der Waals surface area (Å²) < 4.78 is 5.90. The zero-order valence-corrected chi connectivity index (χ0v) is 13.3. The maximum Gasteiger partial charge on any atom is 0.115 e. The van der Waals surface area contributed by atoms with Gasteiger partial charge in [0.05, 0.1) is 6.10 Å². The van der Waals surface area contributed by atoms with Crippen molar-refractivity contribution in [2.45, 2.75) is 31.5 Å². The van der Waals surface area contributed by atoms with E-state index >= 15 is 0 Å². The van der Waals surface area contributed by atoms with E-state index in [1.54, 1.807) is 12.1 Å². The molecule has 2 aromatic carbocycles. The molecule has 4 heteroatoms. The Morgan fingerprint density at radius 2 is 2.00 bits per heavy atom. The van der Waals surface area contributed by atoms with Crippen molar-refractivity contribution in [2.75, 3.05) is 6.61 Å². The summed E-state index contributed by atoms with van der Waals surface area (Å²) in [6.45, 7) is 2.85. The first-order valence-corrected chi connectivity index (χ1v) is 7.93. The van der Waals surface area contributed by atoms with Crippen LogP contribution in [0.3, 0.4) is 0 Å². The summed E-state index contributed by atoms with van der Waals surface area (Å²) in [4.78, 5) is 0. The quantitative estimate of drug-likeness (QED) is 0.887. The maximum absolute atomic E-state index is 9.61. The zero-order chi connectivity index (χ0) is 15.5. The number of phenols is 1. The van der Waals surface area contributed by atoms with Gasteiger partial charge in [0.1, 0.15) is 5.75 Å². The Labute approximate surface area is 135 Å². The van der Waals surface area contributed by atoms with Crippen molar-refractivity contribution in [2.24, 2.45) is 0 Å². The molecule has 3 unspecified atom stereocenters. The molecule has 1 fully saturated rings. The predicted octanol–water partition coefficient (Wildman–Crippen LogP) is 4.23. The topological polar surface area (TPSA) is 41.5 Å². The number of rotatable bonds is 4. The second kappa shape index (κ2) is 6.69. The van der Waals surface area contributed by atoms with Crippen LogP contribution in [0.4, 0.5) is 0 Å². The lowest BCUT2D eigenvalue weighted by Crippen LogP contribution is -2.33. The number of hydrogen-bond donors (Lipinski definition) is 2. The van der Waals surface area contributed by atoms with E-state index in [-0.39, 0.29) is 18.2 Å². The van der Waals surface area contributed by atoms with E-state index in [9.17, 15) is 5.11 Å². The van der Waals surface area contributed by atoms with Gasteiger partial charge in [-0.05, 0) is 48.7 Å². The Hall–Kier alpha value is -1.55. The zero-order valence-electron chi connectivity index (χ0n) is 12.5. The number of halogens is 1. The molecule has 1 saturated heterocycles. The van der Waals surface area contributed by atoms with Crippen LogP contribution in [0, 0.1) is 0 Å². The highest BCUT2D eigenvalue weighted by Crippen LogP contribution is 2.31. The fourth-order valence-corrected chi connectivity index (χ4v) is 3.08. The van der Waals surface area contributed by atoms with E-state index in [0.717, 1.165) is 29.2 Å². The number of ether oxygens (including phenoxy) is 1. The van der Waals surface area contributed by atoms with Crippen LogP contribution in [0.25, 0.3) is 0 Å². The first kappa shape index (κ1) is 15.3. The highest BCUT2D eigenvalue weighted by molar-refractivity contribution is 6.30. The van der Waals surface area contributed by atoms with E-state index in [2.05, 4.69) is 12.2 Å². The van der Waals surface area contributed by atoms with Gasteiger partial charge in [0, 0.05) is 23.7 Å². The molecule has 0 amide bonds. The molecule has 3 nitrogen and oxygen atoms in total. The van der Waals surface area contributed by atoms with Gasteiger partial charge in [-0.2, -0.15) is 0 Å². The number of benzene rings is 2. The second-order valence-corrected chi connectivity index (χ2v) is 6.16. The van der Waals surface area contributed by atoms with Crippen molar-refractivity contribution in [1.29, 1.82) is 0 Å². The molecule has 0 saturated carbocycles. The predicted molar refractivity (Wildman–Crippen MR) is 88.2 cm³/mol. The van der Waals surface area contributed by atoms with Crippen LogP contribution in [-0.2, 0) is 4.74 Å². The lowest BCUT2D eigenvalue weighted by molar-refractivity contribution is 0.0968. The Kier molecular flexibility index (Phi) is 4.67. The van der Waals surface area contributed by atoms with Gasteiger partial charge in [0.15, 0.2) is 0 Å². The summed E-state index contributed by atoms with van der Waals surface area (Å²) >= 11 is 5.95. The van der Waals surface area contributed by atoms with Crippen molar-refractivity contribution in [3.8, 4) is 5.75 Å². The van der Waals surface area contributed by atoms with Gasteiger partial charge in [0.2, 0.25) is 0 Å². The summed E-state index contributed by atoms with van der Waals surface area (Å²) in [5, 5.41) is 14.0. The monoisotopic (exact) mass is 317 g/mol. The summed E-state index contributed by atoms with van der Waals surface area (Å²) in [5.41, 5.74) is 2.21. The van der Waals surface area contributed by atoms with E-state index in [4.69, 9.17) is 16.3 Å². The van der Waals surface area contributed by atoms with Crippen LogP contribution in [0.5, 0.6) is 5.75 Å². The van der Waals surface area contributed by atoms with E-state index in [1.165, 1.54) is 0 Å². The molecule has 22 heavy (non-hydrogen) atoms. The summed E-state index contributed by atoms with van der Waals surface area (Å²) in [6, 6.07) is 15.6. The van der Waals surface area contributed by atoms with Crippen LogP contribution in [-0.4, -0.2) is 17.8 Å². The lowest BCUT2D eigenvalue weighted by atomic mass is 10.00. The third-order valence-corrected chi connectivity index (χ3v) is 4.38. The number of phenolic OH excluding ortho intramolecular Hbond substituents is 1. The molecule has 2 aromatic rings. The van der Waals surface area contributed by atoms with Crippen molar-refractivity contribution < 1.29 is 9.84 Å². The molecule has 1 aliphatic heterocycles. The van der Waals surface area contributed by atoms with Gasteiger partial charge in [0.25, 0.3) is 0 Å². The minimum atomic E-state index is 0.0389. The third-order valence-electron chi connectivity index (χ3n) is 4.12. The molecular formula is C18H20ClNO2. The summed E-state index contributed by atoms with van der Waals surface area (Å²) in [6.07, 6.45) is 1.01.